The number of nitrogens with one attached hydrogen (secondary N) is 1. The molecule has 8 heteroatoms. The average molecular weight is 302 g/mol. The minimum atomic E-state index is -3.70. The van der Waals surface area contributed by atoms with E-state index in [4.69, 9.17) is 10.2 Å². The maximum atomic E-state index is 11.8. The molecule has 7 nitrogen and oxygen atoms in total. The first-order chi connectivity index (χ1) is 9.47. The number of sulfonamides is 1. The van der Waals surface area contributed by atoms with E-state index in [2.05, 4.69) is 9.71 Å². The van der Waals surface area contributed by atoms with E-state index in [9.17, 15) is 13.2 Å². The van der Waals surface area contributed by atoms with Gasteiger partial charge in [-0.2, -0.15) is 0 Å². The molecule has 0 amide bonds. The summed E-state index contributed by atoms with van der Waals surface area (Å²) in [6, 6.07) is 2.36. The number of aromatic carboxylic acids is 1. The summed E-state index contributed by atoms with van der Waals surface area (Å²) < 4.78 is 26.1. The number of carbonyl (C=O) groups is 1. The zero-order chi connectivity index (χ0) is 15.0. The zero-order valence-corrected chi connectivity index (χ0v) is 11.8. The van der Waals surface area contributed by atoms with Gasteiger partial charge in [0.1, 0.15) is 0 Å². The van der Waals surface area contributed by atoms with E-state index in [0.717, 1.165) is 25.1 Å². The molecule has 1 heterocycles. The van der Waals surface area contributed by atoms with Crippen molar-refractivity contribution >= 4 is 16.0 Å². The molecule has 0 spiro atoms. The third kappa shape index (κ3) is 5.24. The van der Waals surface area contributed by atoms with Gasteiger partial charge in [-0.05, 0) is 25.0 Å². The van der Waals surface area contributed by atoms with Crippen LogP contribution in [0.1, 0.15) is 36.0 Å². The number of carboxylic acids is 1. The lowest BCUT2D eigenvalue weighted by Crippen LogP contribution is -2.25. The predicted molar refractivity (Wildman–Crippen MR) is 71.9 cm³/mol. The van der Waals surface area contributed by atoms with Crippen LogP contribution >= 0.6 is 0 Å². The van der Waals surface area contributed by atoms with Crippen LogP contribution in [0.4, 0.5) is 0 Å². The van der Waals surface area contributed by atoms with Crippen LogP contribution in [0.15, 0.2) is 23.4 Å². The fraction of sp³-hybridized carbons (Fsp3) is 0.500. The maximum absolute atomic E-state index is 11.8. The average Bonchev–Trinajstić information content (AvgIpc) is 2.43. The van der Waals surface area contributed by atoms with Crippen LogP contribution in [0.2, 0.25) is 0 Å². The lowest BCUT2D eigenvalue weighted by Gasteiger charge is -2.06. The minimum absolute atomic E-state index is 0.0621. The van der Waals surface area contributed by atoms with Crippen molar-refractivity contribution in [2.75, 3.05) is 13.2 Å². The molecule has 0 unspecified atom stereocenters. The van der Waals surface area contributed by atoms with Crippen molar-refractivity contribution < 1.29 is 23.4 Å². The molecule has 3 N–H and O–H groups in total. The highest BCUT2D eigenvalue weighted by Gasteiger charge is 2.15. The number of carboxylic acid groups (broad SMARTS) is 1. The first-order valence-electron chi connectivity index (χ1n) is 6.27. The van der Waals surface area contributed by atoms with Gasteiger partial charge in [-0.15, -0.1) is 0 Å². The van der Waals surface area contributed by atoms with E-state index in [1.165, 1.54) is 6.07 Å². The molecule has 0 radical (unpaired) electrons. The molecular weight excluding hydrogens is 284 g/mol. The Kier molecular flexibility index (Phi) is 6.56. The van der Waals surface area contributed by atoms with Crippen molar-refractivity contribution in [1.82, 2.24) is 9.71 Å². The normalized spacial score (nSPS) is 11.4. The predicted octanol–water partition coefficient (Wildman–Crippen LogP) is 0.611. The molecule has 0 aliphatic heterocycles. The van der Waals surface area contributed by atoms with E-state index in [-0.39, 0.29) is 23.7 Å². The Morgan fingerprint density at radius 3 is 2.45 bits per heavy atom. The van der Waals surface area contributed by atoms with Crippen LogP contribution in [0.25, 0.3) is 0 Å². The summed E-state index contributed by atoms with van der Waals surface area (Å²) >= 11 is 0. The largest absolute Gasteiger partial charge is 0.478 e. The standard InChI is InChI=1S/C12H18N2O5S/c15-8-4-2-1-3-7-14-20(18,19)11-6-5-10(9-13-11)12(16)17/h5-6,9,14-15H,1-4,7-8H2,(H,16,17). The topological polar surface area (TPSA) is 117 Å². The van der Waals surface area contributed by atoms with Crippen LogP contribution in [-0.4, -0.2) is 42.7 Å². The van der Waals surface area contributed by atoms with Crippen molar-refractivity contribution in [3.8, 4) is 0 Å². The van der Waals surface area contributed by atoms with Gasteiger partial charge >= 0.3 is 5.97 Å². The summed E-state index contributed by atoms with van der Waals surface area (Å²) in [5.41, 5.74) is -0.0621. The van der Waals surface area contributed by atoms with Gasteiger partial charge in [-0.3, -0.25) is 0 Å². The highest BCUT2D eigenvalue weighted by atomic mass is 32.2. The number of pyridine rings is 1. The second-order valence-corrected chi connectivity index (χ2v) is 5.94. The first kappa shape index (κ1) is 16.5. The van der Waals surface area contributed by atoms with Crippen molar-refractivity contribution in [2.24, 2.45) is 0 Å². The van der Waals surface area contributed by atoms with Crippen LogP contribution in [0.3, 0.4) is 0 Å². The van der Waals surface area contributed by atoms with Crippen LogP contribution < -0.4 is 4.72 Å². The highest BCUT2D eigenvalue weighted by molar-refractivity contribution is 7.89. The summed E-state index contributed by atoms with van der Waals surface area (Å²) in [5, 5.41) is 17.1. The quantitative estimate of drug-likeness (QED) is 0.575. The summed E-state index contributed by atoms with van der Waals surface area (Å²) in [6.07, 6.45) is 4.08. The smallest absolute Gasteiger partial charge is 0.337 e. The summed E-state index contributed by atoms with van der Waals surface area (Å²) in [6.45, 7) is 0.432. The molecule has 1 aromatic rings. The Hall–Kier alpha value is -1.51. The van der Waals surface area contributed by atoms with Gasteiger partial charge in [0, 0.05) is 19.3 Å². The number of hydrogen-bond donors (Lipinski definition) is 3. The molecular formula is C12H18N2O5S. The van der Waals surface area contributed by atoms with Gasteiger partial charge in [0.25, 0.3) is 10.0 Å². The highest BCUT2D eigenvalue weighted by Crippen LogP contribution is 2.07. The third-order valence-corrected chi connectivity index (χ3v) is 4.01. The molecule has 0 saturated carbocycles. The molecule has 0 bridgehead atoms. The van der Waals surface area contributed by atoms with Gasteiger partial charge in [-0.25, -0.2) is 22.9 Å². The number of unbranched alkanes of at least 4 members (excludes halogenated alkanes) is 3. The minimum Gasteiger partial charge on any atom is -0.478 e. The lowest BCUT2D eigenvalue weighted by atomic mass is 10.2. The van der Waals surface area contributed by atoms with Gasteiger partial charge in [0.15, 0.2) is 5.03 Å². The Balaban J connectivity index is 2.49. The van der Waals surface area contributed by atoms with E-state index < -0.39 is 16.0 Å². The molecule has 1 aromatic heterocycles. The van der Waals surface area contributed by atoms with Crippen LogP contribution in [0.5, 0.6) is 0 Å². The van der Waals surface area contributed by atoms with E-state index in [1.54, 1.807) is 0 Å². The monoisotopic (exact) mass is 302 g/mol. The van der Waals surface area contributed by atoms with Gasteiger partial charge < -0.3 is 10.2 Å². The summed E-state index contributed by atoms with van der Waals surface area (Å²) in [5.74, 6) is -1.15. The van der Waals surface area contributed by atoms with E-state index >= 15 is 0 Å². The third-order valence-electron chi connectivity index (χ3n) is 2.64. The maximum Gasteiger partial charge on any atom is 0.337 e. The van der Waals surface area contributed by atoms with Crippen molar-refractivity contribution in [2.45, 2.75) is 30.7 Å². The molecule has 0 fully saturated rings. The number of nitrogens with zero attached hydrogens (tertiary/aromatic N) is 1. The van der Waals surface area contributed by atoms with Crippen molar-refractivity contribution in [3.63, 3.8) is 0 Å². The Labute approximate surface area is 117 Å². The van der Waals surface area contributed by atoms with E-state index in [1.807, 2.05) is 0 Å². The Bertz CT molecular complexity index is 527. The molecule has 0 saturated heterocycles. The summed E-state index contributed by atoms with van der Waals surface area (Å²) in [7, 11) is -3.70. The Morgan fingerprint density at radius 1 is 1.20 bits per heavy atom. The molecule has 0 aliphatic carbocycles. The van der Waals surface area contributed by atoms with Crippen molar-refractivity contribution in [3.05, 3.63) is 23.9 Å². The molecule has 0 aromatic carbocycles. The number of aromatic nitrogens is 1. The lowest BCUT2D eigenvalue weighted by molar-refractivity contribution is 0.0696. The van der Waals surface area contributed by atoms with Gasteiger partial charge in [-0.1, -0.05) is 12.8 Å². The number of hydrogen-bond acceptors (Lipinski definition) is 5. The molecule has 20 heavy (non-hydrogen) atoms. The van der Waals surface area contributed by atoms with Crippen molar-refractivity contribution in [1.29, 1.82) is 0 Å². The van der Waals surface area contributed by atoms with Gasteiger partial charge in [0.2, 0.25) is 0 Å². The van der Waals surface area contributed by atoms with Crippen LogP contribution in [0, 0.1) is 0 Å². The number of aliphatic hydroxyl groups excluding tert-OH is 1. The fourth-order valence-corrected chi connectivity index (χ4v) is 2.54. The van der Waals surface area contributed by atoms with Crippen LogP contribution in [-0.2, 0) is 10.0 Å². The second kappa shape index (κ2) is 7.93. The summed E-state index contributed by atoms with van der Waals surface area (Å²) in [4.78, 5) is 14.3. The first-order valence-corrected chi connectivity index (χ1v) is 7.75. The molecule has 0 aliphatic rings. The second-order valence-electron chi connectivity index (χ2n) is 4.23. The molecule has 1 rings (SSSR count). The molecule has 112 valence electrons. The van der Waals surface area contributed by atoms with E-state index in [0.29, 0.717) is 12.8 Å². The zero-order valence-electron chi connectivity index (χ0n) is 10.9. The fourth-order valence-electron chi connectivity index (χ4n) is 1.54. The van der Waals surface area contributed by atoms with Gasteiger partial charge in [0.05, 0.1) is 5.56 Å². The molecule has 0 atom stereocenters. The Morgan fingerprint density at radius 2 is 1.90 bits per heavy atom. The SMILES string of the molecule is O=C(O)c1ccc(S(=O)(=O)NCCCCCCO)nc1. The number of aliphatic hydroxyl groups is 1. The number of rotatable bonds is 9.